The van der Waals surface area contributed by atoms with Crippen molar-refractivity contribution in [3.63, 3.8) is 0 Å². The average molecular weight is 513 g/mol. The van der Waals surface area contributed by atoms with Gasteiger partial charge in [0.15, 0.2) is 0 Å². The second-order valence-electron chi connectivity index (χ2n) is 7.38. The fourth-order valence-electron chi connectivity index (χ4n) is 3.43. The normalized spacial score (nSPS) is 11.8. The SMILES string of the molecule is O=c1sc2cc(S(=O)(=O)NCc3nc(-c4ccccc4)no3)ccc2n1Cc1ccccc1Cl. The third-order valence-corrected chi connectivity index (χ3v) is 7.86. The fourth-order valence-corrected chi connectivity index (χ4v) is 5.63. The fraction of sp³-hybridized carbons (Fsp3) is 0.0870. The third kappa shape index (κ3) is 4.53. The van der Waals surface area contributed by atoms with Crippen molar-refractivity contribution in [3.8, 4) is 11.4 Å². The van der Waals surface area contributed by atoms with Crippen LogP contribution in [0.3, 0.4) is 0 Å². The van der Waals surface area contributed by atoms with E-state index in [2.05, 4.69) is 14.9 Å². The lowest BCUT2D eigenvalue weighted by atomic mass is 10.2. The number of sulfonamides is 1. The van der Waals surface area contributed by atoms with Crippen LogP contribution in [0.2, 0.25) is 5.02 Å². The molecule has 5 aromatic rings. The topological polar surface area (TPSA) is 107 Å². The molecule has 0 spiro atoms. The lowest BCUT2D eigenvalue weighted by Crippen LogP contribution is -2.23. The van der Waals surface area contributed by atoms with Crippen LogP contribution in [-0.2, 0) is 23.1 Å². The summed E-state index contributed by atoms with van der Waals surface area (Å²) in [5, 5.41) is 4.45. The largest absolute Gasteiger partial charge is 0.338 e. The molecule has 172 valence electrons. The van der Waals surface area contributed by atoms with Crippen molar-refractivity contribution in [3.05, 3.63) is 98.9 Å². The maximum atomic E-state index is 12.9. The van der Waals surface area contributed by atoms with Gasteiger partial charge in [0, 0.05) is 10.6 Å². The Balaban J connectivity index is 1.36. The van der Waals surface area contributed by atoms with Crippen molar-refractivity contribution in [1.82, 2.24) is 19.4 Å². The Hall–Kier alpha value is -3.31. The molecule has 0 atom stereocenters. The van der Waals surface area contributed by atoms with E-state index in [1.165, 1.54) is 12.1 Å². The summed E-state index contributed by atoms with van der Waals surface area (Å²) in [5.74, 6) is 0.514. The van der Waals surface area contributed by atoms with E-state index in [4.69, 9.17) is 16.1 Å². The van der Waals surface area contributed by atoms with Gasteiger partial charge < -0.3 is 4.52 Å². The Morgan fingerprint density at radius 3 is 2.59 bits per heavy atom. The first-order chi connectivity index (χ1) is 16.4. The highest BCUT2D eigenvalue weighted by Crippen LogP contribution is 2.24. The summed E-state index contributed by atoms with van der Waals surface area (Å²) in [6.07, 6.45) is 0. The van der Waals surface area contributed by atoms with Gasteiger partial charge in [0.05, 0.1) is 28.2 Å². The van der Waals surface area contributed by atoms with E-state index in [0.717, 1.165) is 22.5 Å². The molecule has 0 bridgehead atoms. The zero-order valence-corrected chi connectivity index (χ0v) is 19.9. The molecule has 0 aliphatic rings. The quantitative estimate of drug-likeness (QED) is 0.348. The smallest absolute Gasteiger partial charge is 0.308 e. The Morgan fingerprint density at radius 1 is 1.03 bits per heavy atom. The minimum absolute atomic E-state index is 0.0361. The van der Waals surface area contributed by atoms with Gasteiger partial charge >= 0.3 is 4.87 Å². The van der Waals surface area contributed by atoms with Gasteiger partial charge in [-0.15, -0.1) is 0 Å². The van der Waals surface area contributed by atoms with Crippen LogP contribution in [0.5, 0.6) is 0 Å². The van der Waals surface area contributed by atoms with E-state index in [-0.39, 0.29) is 22.2 Å². The van der Waals surface area contributed by atoms with Crippen LogP contribution >= 0.6 is 22.9 Å². The van der Waals surface area contributed by atoms with Gasteiger partial charge in [-0.1, -0.05) is 76.6 Å². The molecule has 0 radical (unpaired) electrons. The van der Waals surface area contributed by atoms with E-state index in [9.17, 15) is 13.2 Å². The van der Waals surface area contributed by atoms with Crippen LogP contribution < -0.4 is 9.60 Å². The molecular weight excluding hydrogens is 496 g/mol. The molecule has 0 saturated carbocycles. The van der Waals surface area contributed by atoms with Crippen molar-refractivity contribution >= 4 is 43.2 Å². The summed E-state index contributed by atoms with van der Waals surface area (Å²) >= 11 is 7.22. The Labute approximate surface area is 203 Å². The molecule has 11 heteroatoms. The molecule has 0 unspecified atom stereocenters. The van der Waals surface area contributed by atoms with Gasteiger partial charge in [-0.05, 0) is 29.8 Å². The van der Waals surface area contributed by atoms with Crippen LogP contribution in [0.1, 0.15) is 11.5 Å². The maximum absolute atomic E-state index is 12.9. The molecule has 0 saturated heterocycles. The number of aromatic nitrogens is 3. The monoisotopic (exact) mass is 512 g/mol. The summed E-state index contributed by atoms with van der Waals surface area (Å²) in [6.45, 7) is 0.133. The van der Waals surface area contributed by atoms with Gasteiger partial charge in [0.1, 0.15) is 0 Å². The molecule has 2 aromatic heterocycles. The number of rotatable bonds is 7. The highest BCUT2D eigenvalue weighted by atomic mass is 35.5. The average Bonchev–Trinajstić information content (AvgIpc) is 3.44. The van der Waals surface area contributed by atoms with Crippen LogP contribution in [0.4, 0.5) is 0 Å². The number of halogens is 1. The van der Waals surface area contributed by atoms with Crippen LogP contribution in [-0.4, -0.2) is 23.1 Å². The van der Waals surface area contributed by atoms with Gasteiger partial charge in [0.25, 0.3) is 0 Å². The highest BCUT2D eigenvalue weighted by molar-refractivity contribution is 7.89. The van der Waals surface area contributed by atoms with Crippen LogP contribution in [0, 0.1) is 0 Å². The Morgan fingerprint density at radius 2 is 1.79 bits per heavy atom. The van der Waals surface area contributed by atoms with E-state index in [1.54, 1.807) is 16.7 Å². The number of fused-ring (bicyclic) bond motifs is 1. The van der Waals surface area contributed by atoms with Crippen molar-refractivity contribution in [1.29, 1.82) is 0 Å². The maximum Gasteiger partial charge on any atom is 0.308 e. The van der Waals surface area contributed by atoms with Gasteiger partial charge in [0.2, 0.25) is 21.7 Å². The summed E-state index contributed by atoms with van der Waals surface area (Å²) in [6, 6.07) is 21.1. The zero-order valence-electron chi connectivity index (χ0n) is 17.5. The molecule has 8 nitrogen and oxygen atoms in total. The lowest BCUT2D eigenvalue weighted by Gasteiger charge is -2.07. The molecule has 0 fully saturated rings. The number of nitrogens with one attached hydrogen (secondary N) is 1. The van der Waals surface area contributed by atoms with Crippen LogP contribution in [0.25, 0.3) is 21.6 Å². The molecule has 5 rings (SSSR count). The minimum Gasteiger partial charge on any atom is -0.338 e. The minimum atomic E-state index is -3.88. The standard InChI is InChI=1S/C23H17ClN4O4S2/c24-18-9-5-4-8-16(18)14-28-19-11-10-17(12-20(19)33-23(28)29)34(30,31)25-13-21-26-22(27-32-21)15-6-2-1-3-7-15/h1-12,25H,13-14H2. The van der Waals surface area contributed by atoms with E-state index < -0.39 is 10.0 Å². The van der Waals surface area contributed by atoms with Crippen molar-refractivity contribution in [2.45, 2.75) is 18.0 Å². The molecule has 2 heterocycles. The molecule has 0 amide bonds. The third-order valence-electron chi connectivity index (χ3n) is 5.15. The summed E-state index contributed by atoms with van der Waals surface area (Å²) in [7, 11) is -3.88. The number of nitrogens with zero attached hydrogens (tertiary/aromatic N) is 3. The Bertz CT molecular complexity index is 1640. The second kappa shape index (κ2) is 9.15. The van der Waals surface area contributed by atoms with Crippen LogP contribution in [0.15, 0.2) is 87.0 Å². The first-order valence-electron chi connectivity index (χ1n) is 10.2. The molecular formula is C23H17ClN4O4S2. The number of hydrogen-bond acceptors (Lipinski definition) is 7. The van der Waals surface area contributed by atoms with Gasteiger partial charge in [-0.2, -0.15) is 4.98 Å². The van der Waals surface area contributed by atoms with E-state index in [1.807, 2.05) is 48.5 Å². The first kappa shape index (κ1) is 22.5. The highest BCUT2D eigenvalue weighted by Gasteiger charge is 2.19. The number of benzene rings is 3. The van der Waals surface area contributed by atoms with E-state index in [0.29, 0.717) is 27.6 Å². The zero-order chi connectivity index (χ0) is 23.7. The molecule has 34 heavy (non-hydrogen) atoms. The first-order valence-corrected chi connectivity index (χ1v) is 12.8. The summed E-state index contributed by atoms with van der Waals surface area (Å²) in [5.41, 5.74) is 2.21. The molecule has 0 aliphatic heterocycles. The second-order valence-corrected chi connectivity index (χ2v) is 10.5. The van der Waals surface area contributed by atoms with Crippen molar-refractivity contribution in [2.75, 3.05) is 0 Å². The molecule has 3 aromatic carbocycles. The van der Waals surface area contributed by atoms with E-state index >= 15 is 0 Å². The van der Waals surface area contributed by atoms with Gasteiger partial charge in [-0.25, -0.2) is 13.1 Å². The van der Waals surface area contributed by atoms with Crippen molar-refractivity contribution < 1.29 is 12.9 Å². The van der Waals surface area contributed by atoms with Crippen molar-refractivity contribution in [2.24, 2.45) is 0 Å². The lowest BCUT2D eigenvalue weighted by molar-refractivity contribution is 0.376. The predicted molar refractivity (Wildman–Crippen MR) is 130 cm³/mol. The number of thiazole rings is 1. The summed E-state index contributed by atoms with van der Waals surface area (Å²) < 4.78 is 35.5. The molecule has 0 aliphatic carbocycles. The predicted octanol–water partition coefficient (Wildman–Crippen LogP) is 4.29. The van der Waals surface area contributed by atoms with Gasteiger partial charge in [-0.3, -0.25) is 9.36 Å². The Kier molecular flexibility index (Phi) is 6.05. The summed E-state index contributed by atoms with van der Waals surface area (Å²) in [4.78, 5) is 16.7. The number of hydrogen-bond donors (Lipinski definition) is 1. The molecule has 1 N–H and O–H groups in total.